The first kappa shape index (κ1) is 19.4. The summed E-state index contributed by atoms with van der Waals surface area (Å²) in [7, 11) is 6.65. The van der Waals surface area contributed by atoms with Crippen LogP contribution in [0.5, 0.6) is 17.2 Å². The van der Waals surface area contributed by atoms with Crippen LogP contribution < -0.4 is 19.1 Å². The van der Waals surface area contributed by atoms with E-state index in [9.17, 15) is 4.79 Å². The largest absolute Gasteiger partial charge is 0.493 e. The Hall–Kier alpha value is -2.35. The van der Waals surface area contributed by atoms with Crippen LogP contribution in [0.2, 0.25) is 0 Å². The Balaban J connectivity index is 1.55. The van der Waals surface area contributed by atoms with Gasteiger partial charge in [-0.25, -0.2) is 4.79 Å². The van der Waals surface area contributed by atoms with E-state index < -0.39 is 0 Å². The Morgan fingerprint density at radius 3 is 2.15 bits per heavy atom. The zero-order chi connectivity index (χ0) is 19.4. The van der Waals surface area contributed by atoms with E-state index in [1.54, 1.807) is 33.3 Å². The highest BCUT2D eigenvalue weighted by molar-refractivity contribution is 5.69. The highest BCUT2D eigenvalue weighted by atomic mass is 16.6. The van der Waals surface area contributed by atoms with Gasteiger partial charge in [-0.15, -0.1) is 0 Å². The summed E-state index contributed by atoms with van der Waals surface area (Å²) in [6.07, 6.45) is 0.670. The van der Waals surface area contributed by atoms with Crippen molar-refractivity contribution in [2.45, 2.75) is 12.5 Å². The second-order valence-electron chi connectivity index (χ2n) is 6.89. The van der Waals surface area contributed by atoms with Gasteiger partial charge in [0.05, 0.1) is 27.9 Å². The van der Waals surface area contributed by atoms with E-state index in [1.807, 2.05) is 12.1 Å². The van der Waals surface area contributed by atoms with Gasteiger partial charge in [0.2, 0.25) is 5.75 Å². The number of piperazine rings is 1. The minimum Gasteiger partial charge on any atom is -0.493 e. The molecule has 0 N–H and O–H groups in total. The molecule has 0 aliphatic carbocycles. The highest BCUT2D eigenvalue weighted by Crippen LogP contribution is 2.41. The second kappa shape index (κ2) is 8.56. The molecule has 2 saturated heterocycles. The van der Waals surface area contributed by atoms with Gasteiger partial charge in [0, 0.05) is 57.6 Å². The van der Waals surface area contributed by atoms with Crippen molar-refractivity contribution in [3.63, 3.8) is 0 Å². The number of nitrogens with zero attached hydrogens (tertiary/aromatic N) is 3. The number of ether oxygens (including phenoxy) is 4. The fourth-order valence-electron chi connectivity index (χ4n) is 3.61. The van der Waals surface area contributed by atoms with Crippen molar-refractivity contribution in [2.75, 3.05) is 72.5 Å². The monoisotopic (exact) mass is 379 g/mol. The number of carbonyl (C=O) groups is 1. The molecule has 8 nitrogen and oxygen atoms in total. The lowest BCUT2D eigenvalue weighted by Crippen LogP contribution is -2.47. The zero-order valence-corrected chi connectivity index (χ0v) is 16.6. The molecular weight excluding hydrogens is 350 g/mol. The number of hydrogen-bond acceptors (Lipinski definition) is 7. The Bertz CT molecular complexity index is 636. The first-order valence-corrected chi connectivity index (χ1v) is 9.24. The molecular formula is C19H29N3O5. The number of carbonyl (C=O) groups excluding carboxylic acids is 1. The van der Waals surface area contributed by atoms with Crippen molar-refractivity contribution in [1.29, 1.82) is 0 Å². The van der Waals surface area contributed by atoms with Crippen LogP contribution in [-0.2, 0) is 4.74 Å². The Morgan fingerprint density at radius 1 is 1.04 bits per heavy atom. The standard InChI is InChI=1S/C19H29N3O5/c1-20-13-15(27-19(20)23)5-6-21-7-9-22(10-8-21)14-11-16(24-2)18(26-4)17(12-14)25-3/h11-12,15H,5-10,13H2,1-4H3. The highest BCUT2D eigenvalue weighted by Gasteiger charge is 2.29. The van der Waals surface area contributed by atoms with Gasteiger partial charge >= 0.3 is 6.09 Å². The van der Waals surface area contributed by atoms with Gasteiger partial charge in [-0.05, 0) is 6.42 Å². The van der Waals surface area contributed by atoms with Crippen molar-refractivity contribution >= 4 is 11.8 Å². The van der Waals surface area contributed by atoms with Crippen LogP contribution in [0.4, 0.5) is 10.5 Å². The van der Waals surface area contributed by atoms with E-state index in [-0.39, 0.29) is 12.2 Å². The first-order chi connectivity index (χ1) is 13.0. The Morgan fingerprint density at radius 2 is 1.67 bits per heavy atom. The lowest BCUT2D eigenvalue weighted by molar-refractivity contribution is 0.121. The molecule has 1 atom stereocenters. The molecule has 3 rings (SSSR count). The van der Waals surface area contributed by atoms with E-state index in [0.29, 0.717) is 23.8 Å². The number of likely N-dealkylation sites (N-methyl/N-ethyl adjacent to an activating group) is 1. The Labute approximate surface area is 160 Å². The van der Waals surface area contributed by atoms with E-state index in [2.05, 4.69) is 9.80 Å². The van der Waals surface area contributed by atoms with Gasteiger partial charge in [0.15, 0.2) is 11.5 Å². The van der Waals surface area contributed by atoms with Crippen molar-refractivity contribution in [3.8, 4) is 17.2 Å². The SMILES string of the molecule is COc1cc(N2CCN(CCC3CN(C)C(=O)O3)CC2)cc(OC)c1OC. The van der Waals surface area contributed by atoms with Crippen LogP contribution in [0, 0.1) is 0 Å². The van der Waals surface area contributed by atoms with Gasteiger partial charge in [-0.3, -0.25) is 4.90 Å². The maximum Gasteiger partial charge on any atom is 0.409 e. The van der Waals surface area contributed by atoms with Gasteiger partial charge in [-0.2, -0.15) is 0 Å². The molecule has 0 spiro atoms. The molecule has 150 valence electrons. The summed E-state index contributed by atoms with van der Waals surface area (Å²) in [5, 5.41) is 0. The van der Waals surface area contributed by atoms with Crippen molar-refractivity contribution in [3.05, 3.63) is 12.1 Å². The third-order valence-corrected chi connectivity index (χ3v) is 5.21. The molecule has 0 radical (unpaired) electrons. The molecule has 1 aromatic rings. The lowest BCUT2D eigenvalue weighted by Gasteiger charge is -2.36. The minimum atomic E-state index is -0.216. The minimum absolute atomic E-state index is 0.00985. The number of cyclic esters (lactones) is 1. The topological polar surface area (TPSA) is 63.7 Å². The summed E-state index contributed by atoms with van der Waals surface area (Å²) in [6.45, 7) is 5.39. The summed E-state index contributed by atoms with van der Waals surface area (Å²) < 4.78 is 21.6. The van der Waals surface area contributed by atoms with Gasteiger partial charge < -0.3 is 28.7 Å². The number of methoxy groups -OCH3 is 3. The van der Waals surface area contributed by atoms with Crippen molar-refractivity contribution < 1.29 is 23.7 Å². The fourth-order valence-corrected chi connectivity index (χ4v) is 3.61. The van der Waals surface area contributed by atoms with Gasteiger partial charge in [0.1, 0.15) is 6.10 Å². The summed E-state index contributed by atoms with van der Waals surface area (Å²) in [5.74, 6) is 1.95. The van der Waals surface area contributed by atoms with E-state index in [0.717, 1.165) is 44.8 Å². The predicted molar refractivity (Wildman–Crippen MR) is 102 cm³/mol. The number of rotatable bonds is 7. The van der Waals surface area contributed by atoms with Crippen molar-refractivity contribution in [2.24, 2.45) is 0 Å². The predicted octanol–water partition coefficient (Wildman–Crippen LogP) is 1.68. The van der Waals surface area contributed by atoms with Crippen LogP contribution in [0.1, 0.15) is 6.42 Å². The van der Waals surface area contributed by atoms with Crippen LogP contribution in [-0.4, -0.2) is 89.6 Å². The third kappa shape index (κ3) is 4.32. The Kier molecular flexibility index (Phi) is 6.15. The number of benzene rings is 1. The summed E-state index contributed by atoms with van der Waals surface area (Å²) in [4.78, 5) is 17.8. The number of hydrogen-bond donors (Lipinski definition) is 0. The van der Waals surface area contributed by atoms with Gasteiger partial charge in [0.25, 0.3) is 0 Å². The summed E-state index contributed by atoms with van der Waals surface area (Å²) in [6, 6.07) is 3.98. The lowest BCUT2D eigenvalue weighted by atomic mass is 10.2. The van der Waals surface area contributed by atoms with Crippen molar-refractivity contribution in [1.82, 2.24) is 9.80 Å². The van der Waals surface area contributed by atoms with Crippen LogP contribution in [0.25, 0.3) is 0 Å². The third-order valence-electron chi connectivity index (χ3n) is 5.21. The molecule has 2 fully saturated rings. The molecule has 0 aromatic heterocycles. The van der Waals surface area contributed by atoms with Crippen LogP contribution in [0.3, 0.4) is 0 Å². The smallest absolute Gasteiger partial charge is 0.409 e. The molecule has 1 unspecified atom stereocenters. The molecule has 2 heterocycles. The normalized spacial score (nSPS) is 20.6. The second-order valence-corrected chi connectivity index (χ2v) is 6.89. The van der Waals surface area contributed by atoms with E-state index >= 15 is 0 Å². The molecule has 1 aromatic carbocycles. The average Bonchev–Trinajstić information content (AvgIpc) is 3.03. The van der Waals surface area contributed by atoms with Crippen LogP contribution >= 0.6 is 0 Å². The maximum absolute atomic E-state index is 11.4. The molecule has 0 saturated carbocycles. The quantitative estimate of drug-likeness (QED) is 0.714. The molecule has 8 heteroatoms. The van der Waals surface area contributed by atoms with Gasteiger partial charge in [-0.1, -0.05) is 0 Å². The van der Waals surface area contributed by atoms with E-state index in [1.165, 1.54) is 0 Å². The number of anilines is 1. The zero-order valence-electron chi connectivity index (χ0n) is 16.6. The van der Waals surface area contributed by atoms with Crippen LogP contribution in [0.15, 0.2) is 12.1 Å². The average molecular weight is 379 g/mol. The molecule has 1 amide bonds. The molecule has 2 aliphatic heterocycles. The molecule has 0 bridgehead atoms. The molecule has 2 aliphatic rings. The molecule has 27 heavy (non-hydrogen) atoms. The summed E-state index contributed by atoms with van der Waals surface area (Å²) in [5.41, 5.74) is 1.07. The maximum atomic E-state index is 11.4. The summed E-state index contributed by atoms with van der Waals surface area (Å²) >= 11 is 0. The van der Waals surface area contributed by atoms with E-state index in [4.69, 9.17) is 18.9 Å². The fraction of sp³-hybridized carbons (Fsp3) is 0.632. The number of amides is 1. The first-order valence-electron chi connectivity index (χ1n) is 9.24.